The largest absolute Gasteiger partial charge is 0.417 e. The summed E-state index contributed by atoms with van der Waals surface area (Å²) in [5.41, 5.74) is 0. The molecule has 0 atom stereocenters. The third-order valence-corrected chi connectivity index (χ3v) is 10.7. The number of rotatable bonds is 12. The summed E-state index contributed by atoms with van der Waals surface area (Å²) < 4.78 is 28.6. The van der Waals surface area contributed by atoms with E-state index in [1.807, 2.05) is 0 Å². The van der Waals surface area contributed by atoms with Crippen molar-refractivity contribution >= 4 is 21.7 Å². The molecule has 0 aliphatic heterocycles. The molecular formula is C16H35O5PSi. The number of Topliss-reactive ketones (excluding diaryl/α,β-unsaturated/α-hetero) is 1. The normalized spacial score (nSPS) is 13.3. The second-order valence-corrected chi connectivity index (χ2v) is 14.1. The molecule has 0 radical (unpaired) electrons. The van der Waals surface area contributed by atoms with Crippen LogP contribution in [0.25, 0.3) is 0 Å². The molecule has 5 nitrogen and oxygen atoms in total. The van der Waals surface area contributed by atoms with Crippen molar-refractivity contribution in [1.82, 2.24) is 0 Å². The van der Waals surface area contributed by atoms with Crippen LogP contribution in [-0.4, -0.2) is 40.1 Å². The van der Waals surface area contributed by atoms with Gasteiger partial charge >= 0.3 is 7.60 Å². The van der Waals surface area contributed by atoms with Gasteiger partial charge in [-0.2, -0.15) is 0 Å². The first-order valence-corrected chi connectivity index (χ1v) is 13.1. The third-order valence-electron chi connectivity index (χ3n) is 4.14. The maximum Gasteiger partial charge on any atom is 0.338 e. The summed E-state index contributed by atoms with van der Waals surface area (Å²) in [7, 11) is -4.96. The summed E-state index contributed by atoms with van der Waals surface area (Å²) in [6, 6.07) is 0. The fourth-order valence-electron chi connectivity index (χ4n) is 1.79. The molecule has 0 bridgehead atoms. The summed E-state index contributed by atoms with van der Waals surface area (Å²) >= 11 is 0. The molecule has 7 heteroatoms. The molecule has 0 unspecified atom stereocenters. The zero-order chi connectivity index (χ0) is 18.1. The van der Waals surface area contributed by atoms with Gasteiger partial charge < -0.3 is 13.5 Å². The molecule has 0 aromatic carbocycles. The van der Waals surface area contributed by atoms with Gasteiger partial charge in [0.2, 0.25) is 0 Å². The lowest BCUT2D eigenvalue weighted by molar-refractivity contribution is -0.117. The first-order valence-electron chi connectivity index (χ1n) is 8.51. The van der Waals surface area contributed by atoms with E-state index in [2.05, 4.69) is 33.9 Å². The SMILES string of the molecule is CCOP(=O)(CC(=O)CCCCO[Si](C)(C)C(C)(C)C)OCC. The second-order valence-electron chi connectivity index (χ2n) is 7.21. The van der Waals surface area contributed by atoms with Crippen molar-refractivity contribution in [2.45, 2.75) is 72.0 Å². The molecule has 0 amide bonds. The molecule has 0 aromatic rings. The third kappa shape index (κ3) is 9.15. The topological polar surface area (TPSA) is 61.8 Å². The molecule has 0 spiro atoms. The molecule has 0 heterocycles. The van der Waals surface area contributed by atoms with E-state index in [-0.39, 0.29) is 30.2 Å². The van der Waals surface area contributed by atoms with Crippen LogP contribution in [0.3, 0.4) is 0 Å². The van der Waals surface area contributed by atoms with Gasteiger partial charge in [0, 0.05) is 13.0 Å². The van der Waals surface area contributed by atoms with Crippen LogP contribution in [0.4, 0.5) is 0 Å². The van der Waals surface area contributed by atoms with E-state index in [1.165, 1.54) is 0 Å². The van der Waals surface area contributed by atoms with Gasteiger partial charge in [-0.1, -0.05) is 20.8 Å². The van der Waals surface area contributed by atoms with Gasteiger partial charge in [0.05, 0.1) is 13.2 Å². The van der Waals surface area contributed by atoms with Crippen molar-refractivity contribution in [2.75, 3.05) is 26.0 Å². The Hall–Kier alpha value is -0.00312. The van der Waals surface area contributed by atoms with Crippen molar-refractivity contribution in [3.05, 3.63) is 0 Å². The van der Waals surface area contributed by atoms with Crippen molar-refractivity contribution in [3.63, 3.8) is 0 Å². The number of carbonyl (C=O) groups excluding carboxylic acids is 1. The fraction of sp³-hybridized carbons (Fsp3) is 0.938. The highest BCUT2D eigenvalue weighted by Gasteiger charge is 2.36. The Labute approximate surface area is 143 Å². The molecule has 23 heavy (non-hydrogen) atoms. The van der Waals surface area contributed by atoms with Gasteiger partial charge in [-0.3, -0.25) is 9.36 Å². The minimum Gasteiger partial charge on any atom is -0.417 e. The summed E-state index contributed by atoms with van der Waals surface area (Å²) in [6.45, 7) is 15.8. The van der Waals surface area contributed by atoms with Crippen molar-refractivity contribution < 1.29 is 22.8 Å². The molecule has 0 saturated carbocycles. The minimum atomic E-state index is -3.25. The van der Waals surface area contributed by atoms with E-state index in [1.54, 1.807) is 13.8 Å². The van der Waals surface area contributed by atoms with E-state index in [9.17, 15) is 9.36 Å². The molecule has 0 aliphatic rings. The van der Waals surface area contributed by atoms with Crippen molar-refractivity contribution in [3.8, 4) is 0 Å². The van der Waals surface area contributed by atoms with Crippen LogP contribution in [0, 0.1) is 0 Å². The van der Waals surface area contributed by atoms with Crippen LogP contribution >= 0.6 is 7.60 Å². The standard InChI is InChI=1S/C16H35O5PSi/c1-8-19-22(18,20-9-2)14-15(17)12-10-11-13-21-23(6,7)16(3,4)5/h8-14H2,1-7H3. The first kappa shape index (κ1) is 23.0. The van der Waals surface area contributed by atoms with E-state index >= 15 is 0 Å². The molecule has 0 N–H and O–H groups in total. The lowest BCUT2D eigenvalue weighted by atomic mass is 10.2. The Balaban J connectivity index is 4.10. The van der Waals surface area contributed by atoms with Gasteiger partial charge in [0.1, 0.15) is 11.9 Å². The number of hydrogen-bond acceptors (Lipinski definition) is 5. The Kier molecular flexibility index (Phi) is 10.1. The van der Waals surface area contributed by atoms with Gasteiger partial charge in [0.15, 0.2) is 8.32 Å². The van der Waals surface area contributed by atoms with Crippen molar-refractivity contribution in [1.29, 1.82) is 0 Å². The Morgan fingerprint density at radius 2 is 1.57 bits per heavy atom. The molecular weight excluding hydrogens is 331 g/mol. The summed E-state index contributed by atoms with van der Waals surface area (Å²) in [4.78, 5) is 12.0. The van der Waals surface area contributed by atoms with Gasteiger partial charge in [-0.25, -0.2) is 0 Å². The van der Waals surface area contributed by atoms with Gasteiger partial charge in [-0.05, 0) is 44.8 Å². The summed E-state index contributed by atoms with van der Waals surface area (Å²) in [5, 5.41) is 0.199. The quantitative estimate of drug-likeness (QED) is 0.276. The molecule has 0 aliphatic carbocycles. The predicted molar refractivity (Wildman–Crippen MR) is 97.7 cm³/mol. The zero-order valence-corrected chi connectivity index (χ0v) is 17.8. The summed E-state index contributed by atoms with van der Waals surface area (Å²) in [5.74, 6) is -0.0671. The maximum absolute atomic E-state index is 12.3. The van der Waals surface area contributed by atoms with Crippen LogP contribution in [0.2, 0.25) is 18.1 Å². The summed E-state index contributed by atoms with van der Waals surface area (Å²) in [6.07, 6.45) is 1.85. The molecule has 0 aromatic heterocycles. The average molecular weight is 367 g/mol. The highest BCUT2D eigenvalue weighted by atomic mass is 31.2. The molecule has 0 fully saturated rings. The van der Waals surface area contributed by atoms with Crippen LogP contribution in [0.5, 0.6) is 0 Å². The lowest BCUT2D eigenvalue weighted by Gasteiger charge is -2.36. The smallest absolute Gasteiger partial charge is 0.338 e. The number of ketones is 1. The minimum absolute atomic E-state index is 0.0671. The predicted octanol–water partition coefficient (Wildman–Crippen LogP) is 5.01. The highest BCUT2D eigenvalue weighted by Crippen LogP contribution is 2.48. The van der Waals surface area contributed by atoms with Gasteiger partial charge in [0.25, 0.3) is 0 Å². The Morgan fingerprint density at radius 1 is 1.04 bits per heavy atom. The van der Waals surface area contributed by atoms with Gasteiger partial charge in [-0.15, -0.1) is 0 Å². The number of unbranched alkanes of at least 4 members (excludes halogenated alkanes) is 1. The van der Waals surface area contributed by atoms with Crippen molar-refractivity contribution in [2.24, 2.45) is 0 Å². The molecule has 138 valence electrons. The molecule has 0 rings (SSSR count). The Morgan fingerprint density at radius 3 is 2.00 bits per heavy atom. The number of carbonyl (C=O) groups is 1. The highest BCUT2D eigenvalue weighted by molar-refractivity contribution is 7.54. The number of hydrogen-bond donors (Lipinski definition) is 0. The van der Waals surface area contributed by atoms with Crippen LogP contribution in [0.15, 0.2) is 0 Å². The van der Waals surface area contributed by atoms with E-state index in [0.717, 1.165) is 12.8 Å². The van der Waals surface area contributed by atoms with E-state index in [4.69, 9.17) is 13.5 Å². The van der Waals surface area contributed by atoms with E-state index in [0.29, 0.717) is 13.0 Å². The maximum atomic E-state index is 12.3. The molecule has 0 saturated heterocycles. The van der Waals surface area contributed by atoms with Crippen LogP contribution in [0.1, 0.15) is 53.9 Å². The lowest BCUT2D eigenvalue weighted by Crippen LogP contribution is -2.40. The zero-order valence-electron chi connectivity index (χ0n) is 15.9. The fourth-order valence-corrected chi connectivity index (χ4v) is 4.51. The van der Waals surface area contributed by atoms with Crippen LogP contribution < -0.4 is 0 Å². The van der Waals surface area contributed by atoms with E-state index < -0.39 is 15.9 Å². The monoisotopic (exact) mass is 366 g/mol. The Bertz CT molecular complexity index is 394. The van der Waals surface area contributed by atoms with Crippen LogP contribution in [-0.2, 0) is 22.8 Å². The first-order chi connectivity index (χ1) is 10.5. The average Bonchev–Trinajstić information content (AvgIpc) is 2.36. The second kappa shape index (κ2) is 10.1.